The van der Waals surface area contributed by atoms with Crippen molar-refractivity contribution in [2.75, 3.05) is 28.4 Å². The molecule has 3 aromatic heterocycles. The van der Waals surface area contributed by atoms with Gasteiger partial charge in [0.05, 0.1) is 51.2 Å². The fourth-order valence-electron chi connectivity index (χ4n) is 7.45. The van der Waals surface area contributed by atoms with Gasteiger partial charge in [-0.2, -0.15) is 0 Å². The van der Waals surface area contributed by atoms with Gasteiger partial charge in [-0.05, 0) is 119 Å². The Balaban J connectivity index is 0.00000256. The van der Waals surface area contributed by atoms with Crippen LogP contribution in [0.2, 0.25) is 0 Å². The smallest absolute Gasteiger partial charge is 0.497 e. The van der Waals surface area contributed by atoms with E-state index in [9.17, 15) is 0 Å². The number of benzene rings is 4. The number of hydrogen-bond donors (Lipinski definition) is 2. The molecule has 0 spiro atoms. The zero-order chi connectivity index (χ0) is 38.2. The summed E-state index contributed by atoms with van der Waals surface area (Å²) in [5, 5.41) is 0. The summed E-state index contributed by atoms with van der Waals surface area (Å²) in [5.74, 6) is 3.12. The number of H-pyrrole nitrogens is 2. The molecule has 1 radical (unpaired) electrons. The molecule has 0 unspecified atom stereocenters. The Kier molecular flexibility index (Phi) is 11.6. The third kappa shape index (κ3) is 7.39. The van der Waals surface area contributed by atoms with Crippen molar-refractivity contribution in [3.8, 4) is 67.5 Å². The molecule has 0 aliphatic carbocycles. The van der Waals surface area contributed by atoms with Crippen LogP contribution < -0.4 is 18.9 Å². The molecular formula is C48H39ClFeN4O4+3. The number of aromatic nitrogens is 4. The van der Waals surface area contributed by atoms with Crippen molar-refractivity contribution < 1.29 is 36.0 Å². The number of halogens is 1. The van der Waals surface area contributed by atoms with Crippen molar-refractivity contribution >= 4 is 58.8 Å². The Bertz CT molecular complexity index is 2450. The van der Waals surface area contributed by atoms with Crippen molar-refractivity contribution in [3.63, 3.8) is 0 Å². The first-order valence-corrected chi connectivity index (χ1v) is 18.3. The molecule has 58 heavy (non-hydrogen) atoms. The van der Waals surface area contributed by atoms with Crippen molar-refractivity contribution in [1.82, 2.24) is 19.9 Å². The standard InChI is InChI=1S/C48H38N4O4.ClH.Fe/c1-53-33-13-5-29(6-14-33)45-37-21-23-39(49-37)46(30-7-15-34(54-2)16-8-30)41-25-27-43(51-41)48(32-11-19-36(56-4)20-12-32)44-28-26-42(52-44)47(40-24-22-38(45)50-40)31-9-17-35(55-3)18-10-31;;/h5-28,49,52H,1-4H3;1H;/q;;+3. The summed E-state index contributed by atoms with van der Waals surface area (Å²) >= 11 is 0. The first kappa shape index (κ1) is 39.7. The van der Waals surface area contributed by atoms with E-state index in [1.807, 2.05) is 48.5 Å². The van der Waals surface area contributed by atoms with Gasteiger partial charge in [0.15, 0.2) is 0 Å². The molecule has 287 valence electrons. The van der Waals surface area contributed by atoms with Gasteiger partial charge in [-0.1, -0.05) is 48.5 Å². The summed E-state index contributed by atoms with van der Waals surface area (Å²) < 4.78 is 22.1. The fraction of sp³-hybridized carbons (Fsp3) is 0.0833. The van der Waals surface area contributed by atoms with E-state index in [0.717, 1.165) is 112 Å². The largest absolute Gasteiger partial charge is 3.00 e. The Labute approximate surface area is 353 Å². The van der Waals surface area contributed by atoms with Gasteiger partial charge >= 0.3 is 17.1 Å². The predicted octanol–water partition coefficient (Wildman–Crippen LogP) is 11.8. The van der Waals surface area contributed by atoms with E-state index in [2.05, 4.69) is 107 Å². The summed E-state index contributed by atoms with van der Waals surface area (Å²) in [4.78, 5) is 18.4. The zero-order valence-corrected chi connectivity index (χ0v) is 34.1. The Hall–Kier alpha value is -6.51. The Morgan fingerprint density at radius 2 is 0.534 bits per heavy atom. The van der Waals surface area contributed by atoms with Gasteiger partial charge in [-0.3, -0.25) is 0 Å². The molecule has 8 bridgehead atoms. The Morgan fingerprint density at radius 3 is 0.724 bits per heavy atom. The number of ether oxygens (including phenoxy) is 4. The second-order valence-electron chi connectivity index (χ2n) is 13.4. The fourth-order valence-corrected chi connectivity index (χ4v) is 7.45. The molecule has 8 nitrogen and oxygen atoms in total. The van der Waals surface area contributed by atoms with Gasteiger partial charge in [0.25, 0.3) is 0 Å². The molecule has 0 fully saturated rings. The van der Waals surface area contributed by atoms with Crippen LogP contribution in [0.15, 0.2) is 121 Å². The minimum absolute atomic E-state index is 0. The van der Waals surface area contributed by atoms with E-state index < -0.39 is 0 Å². The summed E-state index contributed by atoms with van der Waals surface area (Å²) in [6, 6.07) is 40.9. The van der Waals surface area contributed by atoms with E-state index in [1.165, 1.54) is 0 Å². The van der Waals surface area contributed by atoms with Gasteiger partial charge < -0.3 is 28.9 Å². The predicted molar refractivity (Wildman–Crippen MR) is 234 cm³/mol. The van der Waals surface area contributed by atoms with Crippen LogP contribution in [0.25, 0.3) is 90.9 Å². The maximum absolute atomic E-state index is 5.53. The molecule has 2 aliphatic rings. The van der Waals surface area contributed by atoms with Crippen LogP contribution in [0.1, 0.15) is 22.8 Å². The van der Waals surface area contributed by atoms with Crippen LogP contribution >= 0.6 is 12.4 Å². The van der Waals surface area contributed by atoms with E-state index in [-0.39, 0.29) is 29.5 Å². The van der Waals surface area contributed by atoms with Crippen LogP contribution in [0, 0.1) is 0 Å². The van der Waals surface area contributed by atoms with Gasteiger partial charge in [0, 0.05) is 44.3 Å². The van der Waals surface area contributed by atoms with Crippen molar-refractivity contribution in [3.05, 3.63) is 144 Å². The first-order valence-electron chi connectivity index (χ1n) is 18.3. The average molecular weight is 827 g/mol. The molecular weight excluding hydrogens is 788 g/mol. The second kappa shape index (κ2) is 16.9. The van der Waals surface area contributed by atoms with E-state index >= 15 is 0 Å². The van der Waals surface area contributed by atoms with Crippen LogP contribution in [-0.4, -0.2) is 48.4 Å². The molecule has 4 aromatic carbocycles. The van der Waals surface area contributed by atoms with E-state index in [4.69, 9.17) is 28.9 Å². The zero-order valence-electron chi connectivity index (χ0n) is 32.1. The first-order chi connectivity index (χ1) is 27.5. The number of rotatable bonds is 8. The third-order valence-corrected chi connectivity index (χ3v) is 10.3. The molecule has 0 atom stereocenters. The van der Waals surface area contributed by atoms with Crippen molar-refractivity contribution in [2.45, 2.75) is 0 Å². The van der Waals surface area contributed by atoms with Crippen molar-refractivity contribution in [2.24, 2.45) is 0 Å². The number of methoxy groups -OCH3 is 4. The monoisotopic (exact) mass is 826 g/mol. The molecule has 0 saturated carbocycles. The van der Waals surface area contributed by atoms with Gasteiger partial charge in [0.2, 0.25) is 0 Å². The summed E-state index contributed by atoms with van der Waals surface area (Å²) in [5.41, 5.74) is 14.8. The van der Waals surface area contributed by atoms with Crippen LogP contribution in [0.5, 0.6) is 23.0 Å². The minimum atomic E-state index is 0. The van der Waals surface area contributed by atoms with Gasteiger partial charge in [-0.25, -0.2) is 9.97 Å². The van der Waals surface area contributed by atoms with Crippen molar-refractivity contribution in [1.29, 1.82) is 0 Å². The topological polar surface area (TPSA) is 94.3 Å². The molecule has 0 saturated heterocycles. The quantitative estimate of drug-likeness (QED) is 0.148. The molecule has 0 amide bonds. The minimum Gasteiger partial charge on any atom is -0.497 e. The average Bonchev–Trinajstić information content (AvgIpc) is 4.10. The summed E-state index contributed by atoms with van der Waals surface area (Å²) in [6.07, 6.45) is 8.37. The molecule has 7 aromatic rings. The number of nitrogens with zero attached hydrogens (tertiary/aromatic N) is 2. The summed E-state index contributed by atoms with van der Waals surface area (Å²) in [6.45, 7) is 0. The molecule has 10 heteroatoms. The summed E-state index contributed by atoms with van der Waals surface area (Å²) in [7, 11) is 6.71. The second-order valence-corrected chi connectivity index (χ2v) is 13.4. The van der Waals surface area contributed by atoms with E-state index in [0.29, 0.717) is 0 Å². The molecule has 9 rings (SSSR count). The molecule has 2 aliphatic heterocycles. The van der Waals surface area contributed by atoms with E-state index in [1.54, 1.807) is 28.4 Å². The van der Waals surface area contributed by atoms with Gasteiger partial charge in [-0.15, -0.1) is 12.4 Å². The van der Waals surface area contributed by atoms with Crippen LogP contribution in [-0.2, 0) is 17.1 Å². The SMILES string of the molecule is COc1ccc(-c2c3nc(c(-c4ccc(OC)cc4)c4ccc([nH]4)c(-c4ccc(OC)cc4)c4nc(c(-c5ccc(OC)cc5)c5ccc2[nH]5)C=C4)C=C3)cc1.Cl.[Fe+3]. The number of aromatic amines is 2. The van der Waals surface area contributed by atoms with Gasteiger partial charge in [0.1, 0.15) is 23.0 Å². The maximum atomic E-state index is 5.53. The normalized spacial score (nSPS) is 11.4. The maximum Gasteiger partial charge on any atom is 3.00 e. The number of hydrogen-bond acceptors (Lipinski definition) is 6. The number of nitrogens with one attached hydrogen (secondary N) is 2. The van der Waals surface area contributed by atoms with Crippen LogP contribution in [0.4, 0.5) is 0 Å². The molecule has 5 heterocycles. The molecule has 2 N–H and O–H groups in total. The van der Waals surface area contributed by atoms with Crippen LogP contribution in [0.3, 0.4) is 0 Å². The third-order valence-electron chi connectivity index (χ3n) is 10.3. The number of fused-ring (bicyclic) bond motifs is 8. The Morgan fingerprint density at radius 1 is 0.328 bits per heavy atom.